The number of nitrogens with zero attached hydrogens (tertiary/aromatic N) is 3. The van der Waals surface area contributed by atoms with Gasteiger partial charge in [0.1, 0.15) is 11.5 Å². The molecule has 4 nitrogen and oxygen atoms in total. The van der Waals surface area contributed by atoms with Gasteiger partial charge in [0, 0.05) is 13.1 Å². The van der Waals surface area contributed by atoms with Gasteiger partial charge >= 0.3 is 0 Å². The van der Waals surface area contributed by atoms with Crippen LogP contribution in [-0.4, -0.2) is 28.1 Å². The van der Waals surface area contributed by atoms with Gasteiger partial charge in [-0.2, -0.15) is 0 Å². The van der Waals surface area contributed by atoms with Crippen LogP contribution in [-0.2, 0) is 0 Å². The van der Waals surface area contributed by atoms with Gasteiger partial charge in [-0.25, -0.2) is 9.07 Å². The molecular formula is C11H10ClFN4. The zero-order valence-corrected chi connectivity index (χ0v) is 9.65. The van der Waals surface area contributed by atoms with Gasteiger partial charge in [-0.3, -0.25) is 0 Å². The lowest BCUT2D eigenvalue weighted by atomic mass is 10.1. The first-order chi connectivity index (χ1) is 8.25. The smallest absolute Gasteiger partial charge is 0.134 e. The number of hydrogen-bond donors (Lipinski definition) is 1. The molecule has 0 aliphatic carbocycles. The average Bonchev–Trinajstić information content (AvgIpc) is 2.64. The molecule has 0 unspecified atom stereocenters. The van der Waals surface area contributed by atoms with E-state index in [1.54, 1.807) is 23.0 Å². The van der Waals surface area contributed by atoms with Crippen LogP contribution in [0.5, 0.6) is 0 Å². The fourth-order valence-corrected chi connectivity index (χ4v) is 2.03. The SMILES string of the molecule is Fc1cccc(Cl)c1-c1cn(C2CNC2)nn1. The minimum Gasteiger partial charge on any atom is -0.312 e. The van der Waals surface area contributed by atoms with Gasteiger partial charge in [-0.05, 0) is 12.1 Å². The number of halogens is 2. The summed E-state index contributed by atoms with van der Waals surface area (Å²) in [6.07, 6.45) is 1.73. The molecular weight excluding hydrogens is 243 g/mol. The lowest BCUT2D eigenvalue weighted by Crippen LogP contribution is -2.43. The van der Waals surface area contributed by atoms with Gasteiger partial charge in [0.2, 0.25) is 0 Å². The zero-order chi connectivity index (χ0) is 11.8. The largest absolute Gasteiger partial charge is 0.312 e. The Labute approximate surface area is 102 Å². The van der Waals surface area contributed by atoms with Gasteiger partial charge in [0.25, 0.3) is 0 Å². The molecule has 0 radical (unpaired) electrons. The van der Waals surface area contributed by atoms with Crippen LogP contribution in [0.1, 0.15) is 6.04 Å². The summed E-state index contributed by atoms with van der Waals surface area (Å²) in [5, 5.41) is 11.5. The maximum absolute atomic E-state index is 13.7. The van der Waals surface area contributed by atoms with E-state index in [0.29, 0.717) is 22.3 Å². The third kappa shape index (κ3) is 1.81. The highest BCUT2D eigenvalue weighted by atomic mass is 35.5. The maximum atomic E-state index is 13.7. The maximum Gasteiger partial charge on any atom is 0.134 e. The summed E-state index contributed by atoms with van der Waals surface area (Å²) in [6, 6.07) is 4.89. The van der Waals surface area contributed by atoms with E-state index in [0.717, 1.165) is 13.1 Å². The van der Waals surface area contributed by atoms with Crippen LogP contribution < -0.4 is 5.32 Å². The van der Waals surface area contributed by atoms with Crippen LogP contribution in [0.2, 0.25) is 5.02 Å². The number of aromatic nitrogens is 3. The lowest BCUT2D eigenvalue weighted by molar-refractivity contribution is 0.313. The second kappa shape index (κ2) is 4.09. The highest BCUT2D eigenvalue weighted by Gasteiger charge is 2.21. The van der Waals surface area contributed by atoms with Crippen molar-refractivity contribution in [3.63, 3.8) is 0 Å². The van der Waals surface area contributed by atoms with Crippen molar-refractivity contribution in [1.29, 1.82) is 0 Å². The van der Waals surface area contributed by atoms with E-state index in [9.17, 15) is 4.39 Å². The quantitative estimate of drug-likeness (QED) is 0.888. The molecule has 3 rings (SSSR count). The van der Waals surface area contributed by atoms with Crippen LogP contribution in [0.15, 0.2) is 24.4 Å². The number of nitrogens with one attached hydrogen (secondary N) is 1. The Balaban J connectivity index is 2.00. The van der Waals surface area contributed by atoms with E-state index < -0.39 is 0 Å². The standard InChI is InChI=1S/C11H10ClFN4/c12-8-2-1-3-9(13)11(8)10-6-17(16-15-10)7-4-14-5-7/h1-3,6-7,14H,4-5H2. The molecule has 1 aromatic carbocycles. The average molecular weight is 253 g/mol. The molecule has 1 saturated heterocycles. The van der Waals surface area contributed by atoms with E-state index in [1.807, 2.05) is 0 Å². The van der Waals surface area contributed by atoms with Crippen molar-refractivity contribution in [2.24, 2.45) is 0 Å². The molecule has 0 amide bonds. The molecule has 0 bridgehead atoms. The number of rotatable bonds is 2. The fourth-order valence-electron chi connectivity index (χ4n) is 1.77. The van der Waals surface area contributed by atoms with Crippen molar-refractivity contribution >= 4 is 11.6 Å². The van der Waals surface area contributed by atoms with Crippen molar-refractivity contribution in [2.45, 2.75) is 6.04 Å². The molecule has 17 heavy (non-hydrogen) atoms. The Bertz CT molecular complexity index is 530. The van der Waals surface area contributed by atoms with Crippen LogP contribution >= 0.6 is 11.6 Å². The molecule has 88 valence electrons. The molecule has 2 aromatic rings. The minimum atomic E-state index is -0.378. The Morgan fingerprint density at radius 2 is 2.24 bits per heavy atom. The van der Waals surface area contributed by atoms with E-state index in [4.69, 9.17) is 11.6 Å². The number of hydrogen-bond acceptors (Lipinski definition) is 3. The fraction of sp³-hybridized carbons (Fsp3) is 0.273. The zero-order valence-electron chi connectivity index (χ0n) is 8.90. The highest BCUT2D eigenvalue weighted by molar-refractivity contribution is 6.33. The van der Waals surface area contributed by atoms with Gasteiger partial charge < -0.3 is 5.32 Å². The predicted molar refractivity (Wildman–Crippen MR) is 62.3 cm³/mol. The van der Waals surface area contributed by atoms with Crippen LogP contribution in [0, 0.1) is 5.82 Å². The van der Waals surface area contributed by atoms with Crippen LogP contribution in [0.3, 0.4) is 0 Å². The molecule has 6 heteroatoms. The third-order valence-electron chi connectivity index (χ3n) is 2.86. The van der Waals surface area contributed by atoms with Gasteiger partial charge in [0.05, 0.1) is 22.8 Å². The van der Waals surface area contributed by atoms with Crippen molar-refractivity contribution in [3.8, 4) is 11.3 Å². The third-order valence-corrected chi connectivity index (χ3v) is 3.18. The Morgan fingerprint density at radius 1 is 1.41 bits per heavy atom. The van der Waals surface area contributed by atoms with Crippen molar-refractivity contribution < 1.29 is 4.39 Å². The summed E-state index contributed by atoms with van der Waals surface area (Å²) in [5.41, 5.74) is 0.785. The molecule has 0 atom stereocenters. The first-order valence-electron chi connectivity index (χ1n) is 5.32. The van der Waals surface area contributed by atoms with E-state index in [2.05, 4.69) is 15.6 Å². The molecule has 2 heterocycles. The van der Waals surface area contributed by atoms with Gasteiger partial charge in [0.15, 0.2) is 0 Å². The molecule has 1 aromatic heterocycles. The molecule has 1 N–H and O–H groups in total. The van der Waals surface area contributed by atoms with Crippen molar-refractivity contribution in [2.75, 3.05) is 13.1 Å². The monoisotopic (exact) mass is 252 g/mol. The normalized spacial score (nSPS) is 15.9. The van der Waals surface area contributed by atoms with Gasteiger partial charge in [-0.15, -0.1) is 5.10 Å². The number of benzene rings is 1. The first kappa shape index (κ1) is 10.7. The Morgan fingerprint density at radius 3 is 2.88 bits per heavy atom. The lowest BCUT2D eigenvalue weighted by Gasteiger charge is -2.26. The summed E-state index contributed by atoms with van der Waals surface area (Å²) in [4.78, 5) is 0. The van der Waals surface area contributed by atoms with Gasteiger partial charge in [-0.1, -0.05) is 22.9 Å². The second-order valence-corrected chi connectivity index (χ2v) is 4.40. The summed E-state index contributed by atoms with van der Waals surface area (Å²) < 4.78 is 15.4. The molecule has 0 spiro atoms. The Hall–Kier alpha value is -1.46. The highest BCUT2D eigenvalue weighted by Crippen LogP contribution is 2.29. The minimum absolute atomic E-state index is 0.307. The van der Waals surface area contributed by atoms with Crippen molar-refractivity contribution in [3.05, 3.63) is 35.2 Å². The molecule has 1 aliphatic rings. The topological polar surface area (TPSA) is 42.7 Å². The summed E-state index contributed by atoms with van der Waals surface area (Å²) in [7, 11) is 0. The first-order valence-corrected chi connectivity index (χ1v) is 5.70. The van der Waals surface area contributed by atoms with Crippen LogP contribution in [0.4, 0.5) is 4.39 Å². The molecule has 1 aliphatic heterocycles. The van der Waals surface area contributed by atoms with Crippen molar-refractivity contribution in [1.82, 2.24) is 20.3 Å². The second-order valence-electron chi connectivity index (χ2n) is 3.99. The van der Waals surface area contributed by atoms with Crippen LogP contribution in [0.25, 0.3) is 11.3 Å². The molecule has 1 fully saturated rings. The Kier molecular flexibility index (Phi) is 2.57. The summed E-state index contributed by atoms with van der Waals surface area (Å²) in [5.74, 6) is -0.378. The van der Waals surface area contributed by atoms with E-state index in [1.165, 1.54) is 6.07 Å². The summed E-state index contributed by atoms with van der Waals surface area (Å²) >= 11 is 5.97. The van der Waals surface area contributed by atoms with E-state index in [-0.39, 0.29) is 5.82 Å². The molecule has 0 saturated carbocycles. The predicted octanol–water partition coefficient (Wildman–Crippen LogP) is 1.88. The van der Waals surface area contributed by atoms with E-state index >= 15 is 0 Å². The summed E-state index contributed by atoms with van der Waals surface area (Å²) in [6.45, 7) is 1.74.